The summed E-state index contributed by atoms with van der Waals surface area (Å²) in [6.45, 7) is 4.02. The lowest BCUT2D eigenvalue weighted by Gasteiger charge is -2.06. The minimum atomic E-state index is -0.730. The van der Waals surface area contributed by atoms with E-state index in [4.69, 9.17) is 0 Å². The molecule has 0 bridgehead atoms. The predicted octanol–water partition coefficient (Wildman–Crippen LogP) is 5.15. The summed E-state index contributed by atoms with van der Waals surface area (Å²) in [6, 6.07) is 8.86. The van der Waals surface area contributed by atoms with Gasteiger partial charge in [0.25, 0.3) is 0 Å². The minimum Gasteiger partial charge on any atom is -0.330 e. The first-order valence-corrected chi connectivity index (χ1v) is 9.51. The Labute approximate surface area is 157 Å². The number of ketones is 1. The molecule has 1 aromatic heterocycles. The molecule has 3 aromatic rings. The van der Waals surface area contributed by atoms with Crippen LogP contribution in [-0.4, -0.2) is 21.7 Å². The molecule has 0 saturated heterocycles. The van der Waals surface area contributed by atoms with Crippen molar-refractivity contribution in [1.29, 1.82) is 0 Å². The maximum atomic E-state index is 13.6. The van der Waals surface area contributed by atoms with E-state index in [1.54, 1.807) is 0 Å². The molecule has 0 amide bonds. The van der Waals surface area contributed by atoms with Gasteiger partial charge in [-0.25, -0.2) is 8.78 Å². The molecule has 1 heterocycles. The monoisotopic (exact) mass is 391 g/mol. The molecular formula is C18H15F2N3OS2. The number of aromatic nitrogens is 2. The summed E-state index contributed by atoms with van der Waals surface area (Å²) in [5.41, 5.74) is 2.94. The summed E-state index contributed by atoms with van der Waals surface area (Å²) in [7, 11) is 0. The van der Waals surface area contributed by atoms with E-state index < -0.39 is 17.4 Å². The quantitative estimate of drug-likeness (QED) is 0.465. The molecule has 0 spiro atoms. The van der Waals surface area contributed by atoms with Crippen LogP contribution in [0.3, 0.4) is 0 Å². The zero-order valence-corrected chi connectivity index (χ0v) is 15.7. The van der Waals surface area contributed by atoms with Crippen molar-refractivity contribution in [3.05, 3.63) is 64.7 Å². The number of thioether (sulfide) groups is 1. The Kier molecular flexibility index (Phi) is 5.63. The number of nitrogens with one attached hydrogen (secondary N) is 1. The second-order valence-corrected chi connectivity index (χ2v) is 7.85. The Morgan fingerprint density at radius 2 is 1.96 bits per heavy atom. The van der Waals surface area contributed by atoms with Crippen LogP contribution in [-0.2, 0) is 0 Å². The van der Waals surface area contributed by atoms with Crippen LogP contribution in [0.1, 0.15) is 21.5 Å². The highest BCUT2D eigenvalue weighted by molar-refractivity contribution is 8.01. The number of Topliss-reactive ketones (excluding diaryl/α,β-unsaturated/α-hetero) is 1. The first-order chi connectivity index (χ1) is 12.4. The third-order valence-corrected chi connectivity index (χ3v) is 5.56. The smallest absolute Gasteiger partial charge is 0.210 e. The lowest BCUT2D eigenvalue weighted by Crippen LogP contribution is -2.05. The molecule has 8 heteroatoms. The van der Waals surface area contributed by atoms with Crippen molar-refractivity contribution in [2.24, 2.45) is 0 Å². The lowest BCUT2D eigenvalue weighted by atomic mass is 10.1. The van der Waals surface area contributed by atoms with Gasteiger partial charge in [0.05, 0.1) is 11.3 Å². The Morgan fingerprint density at radius 3 is 2.73 bits per heavy atom. The fourth-order valence-corrected chi connectivity index (χ4v) is 3.95. The number of halogens is 2. The molecule has 0 aliphatic carbocycles. The van der Waals surface area contributed by atoms with Gasteiger partial charge in [-0.1, -0.05) is 40.8 Å². The SMILES string of the molecule is Cc1ccc(Nc2nnc(SCC(=O)c3cc(F)ccc3F)s2)c(C)c1. The van der Waals surface area contributed by atoms with Crippen molar-refractivity contribution in [1.82, 2.24) is 10.2 Å². The molecule has 0 saturated carbocycles. The van der Waals surface area contributed by atoms with E-state index in [0.29, 0.717) is 9.47 Å². The Balaban J connectivity index is 1.63. The molecule has 3 rings (SSSR count). The van der Waals surface area contributed by atoms with Gasteiger partial charge in [-0.05, 0) is 43.7 Å². The van der Waals surface area contributed by atoms with Gasteiger partial charge in [-0.2, -0.15) is 0 Å². The lowest BCUT2D eigenvalue weighted by molar-refractivity contribution is 0.101. The number of benzene rings is 2. The molecule has 0 aliphatic heterocycles. The van der Waals surface area contributed by atoms with Crippen molar-refractivity contribution in [2.75, 3.05) is 11.1 Å². The maximum Gasteiger partial charge on any atom is 0.210 e. The van der Waals surface area contributed by atoms with Crippen molar-refractivity contribution in [3.8, 4) is 0 Å². The standard InChI is InChI=1S/C18H15F2N3OS2/c1-10-3-6-15(11(2)7-10)21-17-22-23-18(26-17)25-9-16(24)13-8-12(19)4-5-14(13)20/h3-8H,9H2,1-2H3,(H,21,22). The van der Waals surface area contributed by atoms with E-state index >= 15 is 0 Å². The van der Waals surface area contributed by atoms with E-state index in [1.807, 2.05) is 26.0 Å². The van der Waals surface area contributed by atoms with Crippen molar-refractivity contribution >= 4 is 39.7 Å². The van der Waals surface area contributed by atoms with Gasteiger partial charge >= 0.3 is 0 Å². The Hall–Kier alpha value is -2.32. The average Bonchev–Trinajstić information content (AvgIpc) is 3.05. The van der Waals surface area contributed by atoms with Crippen LogP contribution in [0.25, 0.3) is 0 Å². The molecule has 2 aromatic carbocycles. The number of hydrogen-bond donors (Lipinski definition) is 1. The van der Waals surface area contributed by atoms with Crippen molar-refractivity contribution in [2.45, 2.75) is 18.2 Å². The third kappa shape index (κ3) is 4.44. The zero-order chi connectivity index (χ0) is 18.7. The van der Waals surface area contributed by atoms with E-state index in [0.717, 1.165) is 41.2 Å². The molecule has 0 aliphatic rings. The summed E-state index contributed by atoms with van der Waals surface area (Å²) in [5, 5.41) is 11.9. The van der Waals surface area contributed by atoms with Gasteiger partial charge in [-0.15, -0.1) is 10.2 Å². The summed E-state index contributed by atoms with van der Waals surface area (Å²) in [4.78, 5) is 12.1. The Bertz CT molecular complexity index is 959. The van der Waals surface area contributed by atoms with Gasteiger partial charge in [-0.3, -0.25) is 4.79 Å². The van der Waals surface area contributed by atoms with Crippen molar-refractivity contribution < 1.29 is 13.6 Å². The number of carbonyl (C=O) groups excluding carboxylic acids is 1. The number of anilines is 2. The zero-order valence-electron chi connectivity index (χ0n) is 14.0. The van der Waals surface area contributed by atoms with Crippen LogP contribution in [0.2, 0.25) is 0 Å². The molecule has 0 unspecified atom stereocenters. The van der Waals surface area contributed by atoms with Gasteiger partial charge in [0, 0.05) is 5.69 Å². The molecule has 0 atom stereocenters. The van der Waals surface area contributed by atoms with E-state index in [9.17, 15) is 13.6 Å². The second kappa shape index (κ2) is 7.92. The fraction of sp³-hybridized carbons (Fsp3) is 0.167. The van der Waals surface area contributed by atoms with Crippen LogP contribution in [0, 0.1) is 25.5 Å². The van der Waals surface area contributed by atoms with Crippen LogP contribution in [0.4, 0.5) is 19.6 Å². The molecule has 0 fully saturated rings. The highest BCUT2D eigenvalue weighted by Gasteiger charge is 2.15. The minimum absolute atomic E-state index is 0.0431. The molecule has 0 radical (unpaired) electrons. The highest BCUT2D eigenvalue weighted by Crippen LogP contribution is 2.29. The second-order valence-electron chi connectivity index (χ2n) is 5.65. The number of hydrogen-bond acceptors (Lipinski definition) is 6. The molecule has 4 nitrogen and oxygen atoms in total. The van der Waals surface area contributed by atoms with E-state index in [2.05, 4.69) is 21.6 Å². The summed E-state index contributed by atoms with van der Waals surface area (Å²) in [6.07, 6.45) is 0. The van der Waals surface area contributed by atoms with Crippen LogP contribution in [0.5, 0.6) is 0 Å². The Morgan fingerprint density at radius 1 is 1.15 bits per heavy atom. The highest BCUT2D eigenvalue weighted by atomic mass is 32.2. The number of aryl methyl sites for hydroxylation is 2. The normalized spacial score (nSPS) is 10.8. The third-order valence-electron chi connectivity index (χ3n) is 3.59. The summed E-state index contributed by atoms with van der Waals surface area (Å²) in [5.74, 6) is -1.91. The van der Waals surface area contributed by atoms with E-state index in [-0.39, 0.29) is 11.3 Å². The topological polar surface area (TPSA) is 54.9 Å². The first-order valence-electron chi connectivity index (χ1n) is 7.71. The molecule has 26 heavy (non-hydrogen) atoms. The number of carbonyl (C=O) groups is 1. The van der Waals surface area contributed by atoms with Crippen LogP contribution in [0.15, 0.2) is 40.7 Å². The van der Waals surface area contributed by atoms with Crippen LogP contribution >= 0.6 is 23.1 Å². The summed E-state index contributed by atoms with van der Waals surface area (Å²) < 4.78 is 27.4. The number of nitrogens with zero attached hydrogens (tertiary/aromatic N) is 2. The fourth-order valence-electron chi connectivity index (χ4n) is 2.30. The van der Waals surface area contributed by atoms with Crippen LogP contribution < -0.4 is 5.32 Å². The molecule has 1 N–H and O–H groups in total. The van der Waals surface area contributed by atoms with Gasteiger partial charge in [0.2, 0.25) is 5.13 Å². The van der Waals surface area contributed by atoms with Gasteiger partial charge in [0.1, 0.15) is 11.6 Å². The molecular weight excluding hydrogens is 376 g/mol. The summed E-state index contributed by atoms with van der Waals surface area (Å²) >= 11 is 2.44. The van der Waals surface area contributed by atoms with Gasteiger partial charge < -0.3 is 5.32 Å². The van der Waals surface area contributed by atoms with E-state index in [1.165, 1.54) is 16.9 Å². The largest absolute Gasteiger partial charge is 0.330 e. The predicted molar refractivity (Wildman–Crippen MR) is 101 cm³/mol. The molecule has 134 valence electrons. The number of rotatable bonds is 6. The average molecular weight is 391 g/mol. The van der Waals surface area contributed by atoms with Crippen molar-refractivity contribution in [3.63, 3.8) is 0 Å². The maximum absolute atomic E-state index is 13.6. The van der Waals surface area contributed by atoms with Gasteiger partial charge in [0.15, 0.2) is 10.1 Å². The first kappa shape index (κ1) is 18.5.